The van der Waals surface area contributed by atoms with E-state index in [9.17, 15) is 54.3 Å². The molecule has 0 aliphatic carbocycles. The van der Waals surface area contributed by atoms with Crippen molar-refractivity contribution in [1.29, 1.82) is 0 Å². The molecule has 0 radical (unpaired) electrons. The molecule has 0 bridgehead atoms. The van der Waals surface area contributed by atoms with E-state index < -0.39 is 41.0 Å². The second-order valence-electron chi connectivity index (χ2n) is 34.4. The summed E-state index contributed by atoms with van der Waals surface area (Å²) in [5.74, 6) is -0.382. The number of urea groups is 4. The first-order chi connectivity index (χ1) is 62.2. The highest BCUT2D eigenvalue weighted by molar-refractivity contribution is 5.92. The van der Waals surface area contributed by atoms with E-state index in [0.717, 1.165) is 187 Å². The van der Waals surface area contributed by atoms with E-state index in [2.05, 4.69) is 113 Å². The Morgan fingerprint density at radius 2 is 0.806 bits per heavy atom. The van der Waals surface area contributed by atoms with Crippen molar-refractivity contribution in [3.8, 4) is 11.5 Å². The highest BCUT2D eigenvalue weighted by Gasteiger charge is 2.40. The molecule has 9 aromatic rings. The normalized spacial score (nSPS) is 17.2. The quantitative estimate of drug-likeness (QED) is 0.0319. The van der Waals surface area contributed by atoms with Gasteiger partial charge in [-0.1, -0.05) is 193 Å². The van der Waals surface area contributed by atoms with Gasteiger partial charge < -0.3 is 60.3 Å². The number of pyridine rings is 1. The van der Waals surface area contributed by atoms with E-state index in [1.807, 2.05) is 155 Å². The third-order valence-corrected chi connectivity index (χ3v) is 24.8. The molecule has 4 N–H and O–H groups in total. The monoisotopic (exact) mass is 1780 g/mol. The lowest BCUT2D eigenvalue weighted by Gasteiger charge is -2.46. The molecule has 4 aliphatic rings. The van der Waals surface area contributed by atoms with Crippen LogP contribution < -0.4 is 26.0 Å². The van der Waals surface area contributed by atoms with Gasteiger partial charge in [-0.2, -0.15) is 26.3 Å². The Kier molecular flexibility index (Phi) is 39.5. The number of amides is 8. The van der Waals surface area contributed by atoms with Crippen molar-refractivity contribution in [2.24, 2.45) is 0 Å². The van der Waals surface area contributed by atoms with Gasteiger partial charge >= 0.3 is 36.5 Å². The number of likely N-dealkylation sites (tertiary alicyclic amines) is 4. The number of carbonyl (C=O) groups is 4. The van der Waals surface area contributed by atoms with Gasteiger partial charge in [0.05, 0.1) is 16.8 Å². The number of anilines is 4. The zero-order valence-electron chi connectivity index (χ0n) is 76.0. The Hall–Kier alpha value is -10.9. The minimum Gasteiger partial charge on any atom is -0.457 e. The number of rotatable bonds is 30. The Morgan fingerprint density at radius 3 is 1.22 bits per heavy atom. The van der Waals surface area contributed by atoms with Gasteiger partial charge in [0.1, 0.15) is 17.3 Å². The maximum Gasteiger partial charge on any atom is 0.419 e. The lowest BCUT2D eigenvalue weighted by atomic mass is 9.91. The van der Waals surface area contributed by atoms with Gasteiger partial charge in [-0.25, -0.2) is 28.0 Å². The first kappa shape index (κ1) is 100. The van der Waals surface area contributed by atoms with Crippen LogP contribution in [0.3, 0.4) is 0 Å². The first-order valence-corrected chi connectivity index (χ1v) is 46.1. The zero-order valence-corrected chi connectivity index (χ0v) is 76.0. The van der Waals surface area contributed by atoms with E-state index in [1.54, 1.807) is 34.3 Å². The summed E-state index contributed by atoms with van der Waals surface area (Å²) in [5.41, 5.74) is 2.89. The number of piperidine rings is 4. The van der Waals surface area contributed by atoms with Crippen molar-refractivity contribution in [3.63, 3.8) is 0 Å². The molecule has 8 aromatic carbocycles. The molecule has 8 amide bonds. The molecule has 4 aliphatic heterocycles. The molecule has 129 heavy (non-hydrogen) atoms. The van der Waals surface area contributed by atoms with E-state index in [-0.39, 0.29) is 53.8 Å². The molecular weight excluding hydrogens is 1650 g/mol. The summed E-state index contributed by atoms with van der Waals surface area (Å²) in [7, 11) is 0. The van der Waals surface area contributed by atoms with Crippen LogP contribution in [0.1, 0.15) is 192 Å². The molecular formula is C103H131F8N13O5. The summed E-state index contributed by atoms with van der Waals surface area (Å²) in [5, 5.41) is 11.1. The van der Waals surface area contributed by atoms with Crippen LogP contribution in [0.2, 0.25) is 0 Å². The number of unbranched alkanes of at least 4 members (excludes halogenated alkanes) is 2. The maximum atomic E-state index is 14.5. The van der Waals surface area contributed by atoms with Crippen molar-refractivity contribution in [1.82, 2.24) is 44.2 Å². The Bertz CT molecular complexity index is 4790. The lowest BCUT2D eigenvalue weighted by molar-refractivity contribution is -0.140. The lowest BCUT2D eigenvalue weighted by Crippen LogP contribution is -2.54. The zero-order chi connectivity index (χ0) is 92.2. The highest BCUT2D eigenvalue weighted by atomic mass is 19.4. The minimum atomic E-state index is -4.83. The number of halogens is 8. The molecule has 13 rings (SSSR count). The summed E-state index contributed by atoms with van der Waals surface area (Å²) in [6.45, 7) is 27.5. The van der Waals surface area contributed by atoms with E-state index >= 15 is 0 Å². The number of nitrogens with one attached hydrogen (secondary N) is 4. The summed E-state index contributed by atoms with van der Waals surface area (Å²) < 4.78 is 112. The predicted octanol–water partition coefficient (Wildman–Crippen LogP) is 25.0. The minimum absolute atomic E-state index is 0.00104. The molecule has 4 atom stereocenters. The smallest absolute Gasteiger partial charge is 0.419 e. The third-order valence-electron chi connectivity index (χ3n) is 24.8. The second kappa shape index (κ2) is 50.9. The first-order valence-electron chi connectivity index (χ1n) is 46.1. The van der Waals surface area contributed by atoms with Crippen LogP contribution in [0.15, 0.2) is 237 Å². The van der Waals surface area contributed by atoms with Crippen LogP contribution in [-0.2, 0) is 38.5 Å². The largest absolute Gasteiger partial charge is 0.457 e. The summed E-state index contributed by atoms with van der Waals surface area (Å²) >= 11 is 0. The van der Waals surface area contributed by atoms with Crippen molar-refractivity contribution < 1.29 is 59.0 Å². The van der Waals surface area contributed by atoms with Crippen LogP contribution in [0.5, 0.6) is 11.5 Å². The van der Waals surface area contributed by atoms with Crippen LogP contribution in [-0.4, -0.2) is 169 Å². The van der Waals surface area contributed by atoms with Crippen molar-refractivity contribution >= 4 is 46.9 Å². The standard InChI is InChI=1S/C29H36N4O2.C26H34F3N3O.C24H29F4N3O.C24H32FN3O/c1-3-7-23(2)32-20-16-26(17-21-32)33(22-24-8-5-4-6-9-24)29(34)31-25-10-12-27(13-11-25)35-28-14-18-30-19-15-28;1-4-5-14-31-19(2)15-24(16-20(31)3)32(18-21-10-7-6-8-11-21)25(33)30-23-13-9-12-22(17-23)26(27,28)29;1-2-3-14-30-15-12-19(13-16-30)31(17-18-8-5-4-6-9-18)23(32)29-21-11-7-10-20(22(21)25)24(26,27)28;1-3-8-19(2)27-15-13-23(14-16-27)28(18-20-9-5-4-6-10-20)24(29)26-22-12-7-11-21(25)17-22/h4-6,8-15,18-19,23,26H,3,7,16-17,20-22H2,1-2H3,(H,31,34);6-13,17,19-20,24H,4-5,14-16,18H2,1-3H3,(H,30,33);4-11,19H,2-3,12-17H2,1H3,(H,29,32);4-7,9-12,17,19,23H,3,8,13-16,18H2,1-2H3,(H,26,29). The number of hydrogen-bond acceptors (Lipinski definition) is 10. The second-order valence-corrected chi connectivity index (χ2v) is 34.4. The van der Waals surface area contributed by atoms with Gasteiger partial charge in [0.15, 0.2) is 5.82 Å². The Morgan fingerprint density at radius 1 is 0.419 bits per heavy atom. The third kappa shape index (κ3) is 31.7. The van der Waals surface area contributed by atoms with Gasteiger partial charge in [0.25, 0.3) is 0 Å². The van der Waals surface area contributed by atoms with Crippen molar-refractivity contribution in [2.75, 3.05) is 73.6 Å². The Labute approximate surface area is 758 Å². The van der Waals surface area contributed by atoms with Gasteiger partial charge in [-0.05, 0) is 225 Å². The topological polar surface area (TPSA) is 164 Å². The van der Waals surface area contributed by atoms with Crippen LogP contribution in [0.4, 0.5) is 77.1 Å². The number of alkyl halides is 6. The number of nitrogens with zero attached hydrogens (tertiary/aromatic N) is 9. The highest BCUT2D eigenvalue weighted by Crippen LogP contribution is 2.37. The average molecular weight is 1780 g/mol. The molecule has 1 aromatic heterocycles. The van der Waals surface area contributed by atoms with Gasteiger partial charge in [-0.15, -0.1) is 0 Å². The van der Waals surface area contributed by atoms with E-state index in [0.29, 0.717) is 67.8 Å². The van der Waals surface area contributed by atoms with Gasteiger partial charge in [-0.3, -0.25) is 9.88 Å². The summed E-state index contributed by atoms with van der Waals surface area (Å²) in [6, 6.07) is 65.2. The number of ether oxygens (including phenoxy) is 1. The molecule has 4 saturated heterocycles. The maximum absolute atomic E-state index is 14.5. The summed E-state index contributed by atoms with van der Waals surface area (Å²) in [4.78, 5) is 74.4. The molecule has 26 heteroatoms. The number of carbonyl (C=O) groups excluding carboxylic acids is 4. The van der Waals surface area contributed by atoms with Crippen molar-refractivity contribution in [2.45, 2.75) is 245 Å². The fraction of sp³-hybridized carbons (Fsp3) is 0.447. The summed E-state index contributed by atoms with van der Waals surface area (Å²) in [6.07, 6.45) is 10.5. The van der Waals surface area contributed by atoms with Crippen LogP contribution in [0.25, 0.3) is 0 Å². The molecule has 4 unspecified atom stereocenters. The number of hydrogen-bond donors (Lipinski definition) is 4. The molecule has 18 nitrogen and oxygen atoms in total. The SMILES string of the molecule is CCCC(C)N1CCC(N(Cc2ccccc2)C(=O)Nc2ccc(Oc3ccncc3)cc2)CC1.CCCC(C)N1CCC(N(Cc2ccccc2)C(=O)Nc2cccc(F)c2)CC1.CCCCN1C(C)CC(N(Cc2ccccc2)C(=O)Nc2cccc(C(F)(F)F)c2)CC1C.CCCCN1CCC(N(Cc2ccccc2)C(=O)Nc2cccc(C(F)(F)F)c2F)CC1. The van der Waals surface area contributed by atoms with Crippen molar-refractivity contribution in [3.05, 3.63) is 282 Å². The molecule has 694 valence electrons. The number of benzene rings is 8. The Balaban J connectivity index is 0.000000179. The fourth-order valence-electron chi connectivity index (χ4n) is 17.6. The molecule has 5 heterocycles. The van der Waals surface area contributed by atoms with Gasteiger partial charge in [0, 0.05) is 143 Å². The predicted molar refractivity (Wildman–Crippen MR) is 500 cm³/mol. The van der Waals surface area contributed by atoms with E-state index in [1.165, 1.54) is 49.9 Å². The fourth-order valence-corrected chi connectivity index (χ4v) is 17.6. The average Bonchev–Trinajstić information content (AvgIpc) is 0.799. The van der Waals surface area contributed by atoms with Gasteiger partial charge in [0.2, 0.25) is 0 Å². The van der Waals surface area contributed by atoms with E-state index in [4.69, 9.17) is 4.74 Å². The van der Waals surface area contributed by atoms with Crippen LogP contribution in [0, 0.1) is 11.6 Å². The molecule has 4 fully saturated rings. The number of aromatic nitrogens is 1. The van der Waals surface area contributed by atoms with Crippen LogP contribution >= 0.6 is 0 Å². The molecule has 0 saturated carbocycles. The molecule has 0 spiro atoms.